The molecule has 0 spiro atoms. The second-order valence-corrected chi connectivity index (χ2v) is 5.00. The minimum absolute atomic E-state index is 0.00730. The average molecular weight is 266 g/mol. The summed E-state index contributed by atoms with van der Waals surface area (Å²) in [7, 11) is 0. The first-order chi connectivity index (χ1) is 9.15. The van der Waals surface area contributed by atoms with E-state index in [-0.39, 0.29) is 19.3 Å². The first-order valence-electron chi connectivity index (χ1n) is 6.59. The van der Waals surface area contributed by atoms with E-state index in [1.165, 1.54) is 0 Å². The van der Waals surface area contributed by atoms with Gasteiger partial charge in [-0.1, -0.05) is 0 Å². The Morgan fingerprint density at radius 3 is 2.63 bits per heavy atom. The van der Waals surface area contributed by atoms with Gasteiger partial charge in [-0.15, -0.1) is 0 Å². The number of nitrogens with zero attached hydrogens (tertiary/aromatic N) is 3. The van der Waals surface area contributed by atoms with E-state index >= 15 is 0 Å². The van der Waals surface area contributed by atoms with Gasteiger partial charge in [-0.05, 0) is 19.1 Å². The van der Waals surface area contributed by atoms with Crippen molar-refractivity contribution >= 4 is 11.5 Å². The highest BCUT2D eigenvalue weighted by molar-refractivity contribution is 5.49. The SMILES string of the molecule is C[C@H]1CN(C(CO)CO)CCN1c1ccc(N)nc1. The first-order valence-corrected chi connectivity index (χ1v) is 6.59. The Morgan fingerprint density at radius 1 is 1.37 bits per heavy atom. The molecule has 1 aliphatic heterocycles. The number of aliphatic hydroxyl groups is 2. The third-order valence-electron chi connectivity index (χ3n) is 3.70. The molecule has 106 valence electrons. The van der Waals surface area contributed by atoms with Crippen molar-refractivity contribution in [3.8, 4) is 0 Å². The van der Waals surface area contributed by atoms with Crippen LogP contribution in [0, 0.1) is 0 Å². The van der Waals surface area contributed by atoms with Gasteiger partial charge in [-0.3, -0.25) is 4.90 Å². The summed E-state index contributed by atoms with van der Waals surface area (Å²) in [6, 6.07) is 3.93. The van der Waals surface area contributed by atoms with E-state index in [1.807, 2.05) is 6.07 Å². The van der Waals surface area contributed by atoms with Crippen molar-refractivity contribution in [2.24, 2.45) is 0 Å². The van der Waals surface area contributed by atoms with Crippen LogP contribution in [0.1, 0.15) is 6.92 Å². The zero-order valence-electron chi connectivity index (χ0n) is 11.2. The summed E-state index contributed by atoms with van der Waals surface area (Å²) in [6.45, 7) is 4.60. The second-order valence-electron chi connectivity index (χ2n) is 5.00. The molecule has 0 bridgehead atoms. The molecule has 2 rings (SSSR count). The molecule has 6 heteroatoms. The molecule has 0 amide bonds. The summed E-state index contributed by atoms with van der Waals surface area (Å²) in [4.78, 5) is 8.52. The van der Waals surface area contributed by atoms with Crippen molar-refractivity contribution in [1.82, 2.24) is 9.88 Å². The molecule has 0 aromatic carbocycles. The largest absolute Gasteiger partial charge is 0.395 e. The maximum Gasteiger partial charge on any atom is 0.123 e. The highest BCUT2D eigenvalue weighted by Gasteiger charge is 2.27. The Bertz CT molecular complexity index is 394. The van der Waals surface area contributed by atoms with Gasteiger partial charge in [0.25, 0.3) is 0 Å². The minimum atomic E-state index is -0.158. The lowest BCUT2D eigenvalue weighted by atomic mass is 10.1. The smallest absolute Gasteiger partial charge is 0.123 e. The summed E-state index contributed by atoms with van der Waals surface area (Å²) in [6.07, 6.45) is 1.79. The Hall–Kier alpha value is -1.37. The molecule has 0 radical (unpaired) electrons. The number of rotatable bonds is 4. The van der Waals surface area contributed by atoms with Crippen LogP contribution in [0.15, 0.2) is 18.3 Å². The minimum Gasteiger partial charge on any atom is -0.395 e. The number of hydrogen-bond donors (Lipinski definition) is 3. The fourth-order valence-electron chi connectivity index (χ4n) is 2.56. The molecule has 0 unspecified atom stereocenters. The third-order valence-corrected chi connectivity index (χ3v) is 3.70. The number of anilines is 2. The second kappa shape index (κ2) is 6.18. The van der Waals surface area contributed by atoms with E-state index in [2.05, 4.69) is 21.7 Å². The number of nitrogens with two attached hydrogens (primary N) is 1. The number of aliphatic hydroxyl groups excluding tert-OH is 2. The van der Waals surface area contributed by atoms with E-state index in [1.54, 1.807) is 12.3 Å². The van der Waals surface area contributed by atoms with Gasteiger partial charge in [0.15, 0.2) is 0 Å². The van der Waals surface area contributed by atoms with E-state index < -0.39 is 0 Å². The van der Waals surface area contributed by atoms with Gasteiger partial charge in [0.2, 0.25) is 0 Å². The molecule has 1 fully saturated rings. The summed E-state index contributed by atoms with van der Waals surface area (Å²) in [5.74, 6) is 0.524. The van der Waals surface area contributed by atoms with Crippen LogP contribution in [0.3, 0.4) is 0 Å². The number of aromatic nitrogens is 1. The fourth-order valence-corrected chi connectivity index (χ4v) is 2.56. The zero-order chi connectivity index (χ0) is 13.8. The topological polar surface area (TPSA) is 85.9 Å². The Balaban J connectivity index is 2.02. The highest BCUT2D eigenvalue weighted by atomic mass is 16.3. The number of piperazine rings is 1. The molecule has 2 heterocycles. The number of pyridine rings is 1. The van der Waals surface area contributed by atoms with Crippen LogP contribution >= 0.6 is 0 Å². The van der Waals surface area contributed by atoms with Crippen LogP contribution in [0.5, 0.6) is 0 Å². The molecule has 0 aliphatic carbocycles. The Morgan fingerprint density at radius 2 is 2.11 bits per heavy atom. The molecule has 19 heavy (non-hydrogen) atoms. The molecule has 1 saturated heterocycles. The molecule has 0 saturated carbocycles. The van der Waals surface area contributed by atoms with Crippen LogP contribution in [0.2, 0.25) is 0 Å². The quantitative estimate of drug-likeness (QED) is 0.683. The highest BCUT2D eigenvalue weighted by Crippen LogP contribution is 2.21. The van der Waals surface area contributed by atoms with E-state index in [0.717, 1.165) is 25.3 Å². The maximum absolute atomic E-state index is 9.24. The molecule has 6 nitrogen and oxygen atoms in total. The van der Waals surface area contributed by atoms with Crippen molar-refractivity contribution in [3.05, 3.63) is 18.3 Å². The van der Waals surface area contributed by atoms with Crippen LogP contribution in [-0.2, 0) is 0 Å². The van der Waals surface area contributed by atoms with E-state index in [0.29, 0.717) is 11.9 Å². The summed E-state index contributed by atoms with van der Waals surface area (Å²) < 4.78 is 0. The van der Waals surface area contributed by atoms with Gasteiger partial charge >= 0.3 is 0 Å². The summed E-state index contributed by atoms with van der Waals surface area (Å²) in [5.41, 5.74) is 6.66. The third kappa shape index (κ3) is 3.15. The average Bonchev–Trinajstić information content (AvgIpc) is 2.42. The van der Waals surface area contributed by atoms with E-state index in [9.17, 15) is 10.2 Å². The Kier molecular flexibility index (Phi) is 4.57. The predicted molar refractivity (Wildman–Crippen MR) is 75.0 cm³/mol. The van der Waals surface area contributed by atoms with Gasteiger partial charge in [0, 0.05) is 25.7 Å². The lowest BCUT2D eigenvalue weighted by molar-refractivity contribution is 0.0622. The van der Waals surface area contributed by atoms with Gasteiger partial charge in [-0.25, -0.2) is 4.98 Å². The first kappa shape index (κ1) is 14.0. The van der Waals surface area contributed by atoms with Crippen molar-refractivity contribution in [2.75, 3.05) is 43.5 Å². The normalized spacial score (nSPS) is 21.1. The molecular weight excluding hydrogens is 244 g/mol. The van der Waals surface area contributed by atoms with E-state index in [4.69, 9.17) is 5.73 Å². The van der Waals surface area contributed by atoms with Gasteiger partial charge < -0.3 is 20.8 Å². The predicted octanol–water partition coefficient (Wildman–Crippen LogP) is -0.472. The van der Waals surface area contributed by atoms with Crippen LogP contribution in [-0.4, -0.2) is 65.0 Å². The molecule has 1 atom stereocenters. The lowest BCUT2D eigenvalue weighted by Crippen LogP contribution is -2.56. The van der Waals surface area contributed by atoms with Crippen LogP contribution in [0.4, 0.5) is 11.5 Å². The zero-order valence-corrected chi connectivity index (χ0v) is 11.2. The Labute approximate surface area is 113 Å². The lowest BCUT2D eigenvalue weighted by Gasteiger charge is -2.43. The maximum atomic E-state index is 9.24. The molecule has 4 N–H and O–H groups in total. The van der Waals surface area contributed by atoms with Gasteiger partial charge in [0.05, 0.1) is 31.1 Å². The van der Waals surface area contributed by atoms with Crippen molar-refractivity contribution in [2.45, 2.75) is 19.0 Å². The van der Waals surface area contributed by atoms with Crippen LogP contribution in [0.25, 0.3) is 0 Å². The van der Waals surface area contributed by atoms with Gasteiger partial charge in [-0.2, -0.15) is 0 Å². The van der Waals surface area contributed by atoms with Crippen molar-refractivity contribution in [1.29, 1.82) is 0 Å². The monoisotopic (exact) mass is 266 g/mol. The van der Waals surface area contributed by atoms with Crippen molar-refractivity contribution < 1.29 is 10.2 Å². The fraction of sp³-hybridized carbons (Fsp3) is 0.615. The molecular formula is C13H22N4O2. The summed E-state index contributed by atoms with van der Waals surface area (Å²) >= 11 is 0. The standard InChI is InChI=1S/C13H22N4O2/c1-10-7-16(12(8-18)9-19)4-5-17(10)11-2-3-13(14)15-6-11/h2-3,6,10,12,18-19H,4-5,7-9H2,1H3,(H2,14,15)/t10-/m0/s1. The van der Waals surface area contributed by atoms with Crippen molar-refractivity contribution in [3.63, 3.8) is 0 Å². The number of hydrogen-bond acceptors (Lipinski definition) is 6. The number of nitrogen functional groups attached to an aromatic ring is 1. The molecule has 1 aromatic heterocycles. The molecule has 1 aromatic rings. The van der Waals surface area contributed by atoms with Gasteiger partial charge in [0.1, 0.15) is 5.82 Å². The molecule has 1 aliphatic rings. The van der Waals surface area contributed by atoms with Crippen LogP contribution < -0.4 is 10.6 Å². The summed E-state index contributed by atoms with van der Waals surface area (Å²) in [5, 5.41) is 18.5.